The largest absolute Gasteiger partial charge is 0.399 e. The summed E-state index contributed by atoms with van der Waals surface area (Å²) in [6, 6.07) is 15.9. The molecule has 1 amide bonds. The van der Waals surface area contributed by atoms with E-state index in [4.69, 9.17) is 0 Å². The molecule has 0 radical (unpaired) electrons. The first-order valence-electron chi connectivity index (χ1n) is 8.75. The third-order valence-corrected chi connectivity index (χ3v) is 4.33. The minimum absolute atomic E-state index is 0.0859. The van der Waals surface area contributed by atoms with Gasteiger partial charge in [-0.15, -0.1) is 0 Å². The summed E-state index contributed by atoms with van der Waals surface area (Å²) in [4.78, 5) is 19.2. The van der Waals surface area contributed by atoms with Gasteiger partial charge in [-0.3, -0.25) is 4.79 Å². The molecule has 1 atom stereocenters. The number of likely N-dealkylation sites (N-methyl/N-ethyl adjacent to an activating group) is 1. The second-order valence-corrected chi connectivity index (χ2v) is 6.32. The molecule has 2 rings (SSSR count). The van der Waals surface area contributed by atoms with Crippen LogP contribution in [0.4, 0.5) is 0 Å². The molecular formula is C21H27N3O2. The van der Waals surface area contributed by atoms with E-state index in [1.807, 2.05) is 26.2 Å². The quantitative estimate of drug-likeness (QED) is 0.585. The predicted molar refractivity (Wildman–Crippen MR) is 106 cm³/mol. The predicted octanol–water partition coefficient (Wildman–Crippen LogP) is 3.26. The minimum Gasteiger partial charge on any atom is -0.399 e. The Hall–Kier alpha value is -2.66. The highest BCUT2D eigenvalue weighted by Gasteiger charge is 2.16. The molecule has 0 heterocycles. The summed E-state index contributed by atoms with van der Waals surface area (Å²) in [5.41, 5.74) is 4.01. The van der Waals surface area contributed by atoms with Crippen molar-refractivity contribution in [1.82, 2.24) is 10.2 Å². The van der Waals surface area contributed by atoms with Crippen molar-refractivity contribution in [3.63, 3.8) is 0 Å². The van der Waals surface area contributed by atoms with E-state index in [1.165, 1.54) is 18.2 Å². The molecule has 0 aliphatic rings. The summed E-state index contributed by atoms with van der Waals surface area (Å²) in [6.45, 7) is 2.69. The lowest BCUT2D eigenvalue weighted by Crippen LogP contribution is -2.34. The second-order valence-electron chi connectivity index (χ2n) is 6.32. The van der Waals surface area contributed by atoms with Crippen molar-refractivity contribution < 1.29 is 9.63 Å². The highest BCUT2D eigenvalue weighted by atomic mass is 16.6. The van der Waals surface area contributed by atoms with Gasteiger partial charge in [0, 0.05) is 12.1 Å². The summed E-state index contributed by atoms with van der Waals surface area (Å²) in [5, 5.41) is 6.74. The summed E-state index contributed by atoms with van der Waals surface area (Å²) >= 11 is 0. The monoisotopic (exact) mass is 353 g/mol. The highest BCUT2D eigenvalue weighted by molar-refractivity contribution is 5.95. The Bertz CT molecular complexity index is 722. The number of carbonyl (C=O) groups excluding carboxylic acids is 1. The smallest absolute Gasteiger partial charge is 0.251 e. The van der Waals surface area contributed by atoms with Gasteiger partial charge in [0.2, 0.25) is 0 Å². The van der Waals surface area contributed by atoms with Crippen molar-refractivity contribution in [3.8, 4) is 0 Å². The standard InChI is InChI=1S/C21H27N3O2/c1-5-16-6-10-18(11-7-16)20(24(2)3)15-22-21(25)19-12-8-17(9-13-19)14-23-26-4/h6-14,20H,5,15H2,1-4H3,(H,22,25)/b23-14+. The van der Waals surface area contributed by atoms with Crippen LogP contribution in [-0.2, 0) is 11.3 Å². The van der Waals surface area contributed by atoms with Crippen LogP contribution in [-0.4, -0.2) is 44.8 Å². The zero-order valence-electron chi connectivity index (χ0n) is 15.9. The average Bonchev–Trinajstić information content (AvgIpc) is 2.67. The van der Waals surface area contributed by atoms with Gasteiger partial charge in [-0.1, -0.05) is 48.5 Å². The van der Waals surface area contributed by atoms with Crippen LogP contribution in [0.5, 0.6) is 0 Å². The van der Waals surface area contributed by atoms with Crippen LogP contribution in [0.3, 0.4) is 0 Å². The summed E-state index contributed by atoms with van der Waals surface area (Å²) in [5.74, 6) is -0.0859. The van der Waals surface area contributed by atoms with Gasteiger partial charge in [0.1, 0.15) is 7.11 Å². The first-order valence-corrected chi connectivity index (χ1v) is 8.75. The molecule has 0 aromatic heterocycles. The number of benzene rings is 2. The van der Waals surface area contributed by atoms with Crippen LogP contribution in [0.25, 0.3) is 0 Å². The van der Waals surface area contributed by atoms with Crippen LogP contribution >= 0.6 is 0 Å². The molecule has 0 saturated heterocycles. The Kier molecular flexibility index (Phi) is 7.36. The van der Waals surface area contributed by atoms with Crippen molar-refractivity contribution in [3.05, 3.63) is 70.8 Å². The molecule has 0 aliphatic heterocycles. The zero-order valence-corrected chi connectivity index (χ0v) is 15.9. The van der Waals surface area contributed by atoms with Gasteiger partial charge >= 0.3 is 0 Å². The fraction of sp³-hybridized carbons (Fsp3) is 0.333. The molecule has 2 aromatic carbocycles. The lowest BCUT2D eigenvalue weighted by atomic mass is 10.0. The first kappa shape index (κ1) is 19.7. The van der Waals surface area contributed by atoms with Gasteiger partial charge in [-0.05, 0) is 49.3 Å². The molecule has 0 saturated carbocycles. The minimum atomic E-state index is -0.0859. The van der Waals surface area contributed by atoms with Crippen LogP contribution in [0.1, 0.15) is 40.0 Å². The van der Waals surface area contributed by atoms with Gasteiger partial charge in [0.15, 0.2) is 0 Å². The van der Waals surface area contributed by atoms with Gasteiger partial charge in [0.05, 0.1) is 12.3 Å². The van der Waals surface area contributed by atoms with Crippen LogP contribution < -0.4 is 5.32 Å². The number of hydrogen-bond donors (Lipinski definition) is 1. The third kappa shape index (κ3) is 5.43. The second kappa shape index (κ2) is 9.73. The summed E-state index contributed by atoms with van der Waals surface area (Å²) in [6.07, 6.45) is 2.62. The van der Waals surface area contributed by atoms with E-state index >= 15 is 0 Å². The lowest BCUT2D eigenvalue weighted by Gasteiger charge is -2.25. The molecule has 0 bridgehead atoms. The SMILES string of the molecule is CCc1ccc(C(CNC(=O)c2ccc(/C=N/OC)cc2)N(C)C)cc1. The van der Waals surface area contributed by atoms with E-state index in [2.05, 4.69) is 51.4 Å². The fourth-order valence-corrected chi connectivity index (χ4v) is 2.70. The van der Waals surface area contributed by atoms with Crippen LogP contribution in [0, 0.1) is 0 Å². The first-order chi connectivity index (χ1) is 12.5. The third-order valence-electron chi connectivity index (χ3n) is 4.33. The molecule has 2 aromatic rings. The molecule has 5 nitrogen and oxygen atoms in total. The maximum atomic E-state index is 12.4. The van der Waals surface area contributed by atoms with Gasteiger partial charge in [-0.25, -0.2) is 0 Å². The Balaban J connectivity index is 2.01. The van der Waals surface area contributed by atoms with Crippen molar-refractivity contribution in [2.45, 2.75) is 19.4 Å². The molecule has 138 valence electrons. The maximum absolute atomic E-state index is 12.4. The normalized spacial score (nSPS) is 12.3. The number of hydrogen-bond acceptors (Lipinski definition) is 4. The van der Waals surface area contributed by atoms with E-state index in [-0.39, 0.29) is 11.9 Å². The average molecular weight is 353 g/mol. The van der Waals surface area contributed by atoms with E-state index < -0.39 is 0 Å². The molecule has 0 fully saturated rings. The van der Waals surface area contributed by atoms with E-state index in [0.29, 0.717) is 12.1 Å². The zero-order chi connectivity index (χ0) is 18.9. The van der Waals surface area contributed by atoms with E-state index in [0.717, 1.165) is 12.0 Å². The maximum Gasteiger partial charge on any atom is 0.251 e. The molecular weight excluding hydrogens is 326 g/mol. The lowest BCUT2D eigenvalue weighted by molar-refractivity contribution is 0.0942. The number of oxime groups is 1. The summed E-state index contributed by atoms with van der Waals surface area (Å²) < 4.78 is 0. The van der Waals surface area contributed by atoms with Gasteiger partial charge in [-0.2, -0.15) is 0 Å². The van der Waals surface area contributed by atoms with Crippen molar-refractivity contribution >= 4 is 12.1 Å². The fourth-order valence-electron chi connectivity index (χ4n) is 2.70. The highest BCUT2D eigenvalue weighted by Crippen LogP contribution is 2.18. The number of nitrogens with zero attached hydrogens (tertiary/aromatic N) is 2. The van der Waals surface area contributed by atoms with Gasteiger partial charge < -0.3 is 15.1 Å². The van der Waals surface area contributed by atoms with Crippen molar-refractivity contribution in [2.24, 2.45) is 5.16 Å². The van der Waals surface area contributed by atoms with E-state index in [1.54, 1.807) is 18.3 Å². The molecule has 0 spiro atoms. The molecule has 5 heteroatoms. The molecule has 26 heavy (non-hydrogen) atoms. The number of nitrogens with one attached hydrogen (secondary N) is 1. The molecule has 1 unspecified atom stereocenters. The Morgan fingerprint density at radius 3 is 2.35 bits per heavy atom. The van der Waals surface area contributed by atoms with Crippen molar-refractivity contribution in [1.29, 1.82) is 0 Å². The molecule has 1 N–H and O–H groups in total. The Morgan fingerprint density at radius 2 is 1.81 bits per heavy atom. The molecule has 0 aliphatic carbocycles. The Labute approximate surface area is 155 Å². The number of rotatable bonds is 8. The van der Waals surface area contributed by atoms with Crippen LogP contribution in [0.15, 0.2) is 53.7 Å². The summed E-state index contributed by atoms with van der Waals surface area (Å²) in [7, 11) is 5.54. The van der Waals surface area contributed by atoms with Gasteiger partial charge in [0.25, 0.3) is 5.91 Å². The Morgan fingerprint density at radius 1 is 1.15 bits per heavy atom. The number of carbonyl (C=O) groups is 1. The van der Waals surface area contributed by atoms with Crippen molar-refractivity contribution in [2.75, 3.05) is 27.7 Å². The van der Waals surface area contributed by atoms with Crippen LogP contribution in [0.2, 0.25) is 0 Å². The number of aryl methyl sites for hydroxylation is 1. The topological polar surface area (TPSA) is 53.9 Å². The van der Waals surface area contributed by atoms with E-state index in [9.17, 15) is 4.79 Å². The number of amides is 1.